The summed E-state index contributed by atoms with van der Waals surface area (Å²) in [4.78, 5) is 0. The maximum absolute atomic E-state index is 12.6. The third-order valence-corrected chi connectivity index (χ3v) is 4.12. The van der Waals surface area contributed by atoms with Gasteiger partial charge in [0.15, 0.2) is 0 Å². The van der Waals surface area contributed by atoms with Gasteiger partial charge >= 0.3 is 6.18 Å². The van der Waals surface area contributed by atoms with Crippen molar-refractivity contribution in [3.05, 3.63) is 46.6 Å². The molecule has 0 saturated carbocycles. The first-order chi connectivity index (χ1) is 11.0. The number of halogens is 3. The van der Waals surface area contributed by atoms with Crippen LogP contribution in [0.5, 0.6) is 0 Å². The van der Waals surface area contributed by atoms with Crippen LogP contribution in [0.25, 0.3) is 11.5 Å². The Morgan fingerprint density at radius 3 is 2.48 bits per heavy atom. The van der Waals surface area contributed by atoms with E-state index in [-0.39, 0.29) is 5.92 Å². The lowest BCUT2D eigenvalue weighted by Crippen LogP contribution is -2.06. The molecule has 1 aliphatic carbocycles. The Hall–Kier alpha value is -2.71. The van der Waals surface area contributed by atoms with Crippen LogP contribution < -0.4 is 0 Å². The van der Waals surface area contributed by atoms with Gasteiger partial charge in [0.05, 0.1) is 5.56 Å². The van der Waals surface area contributed by atoms with E-state index in [1.54, 1.807) is 12.1 Å². The normalized spacial score (nSPS) is 17.4. The molecule has 0 spiro atoms. The summed E-state index contributed by atoms with van der Waals surface area (Å²) in [5, 5.41) is 20.9. The minimum absolute atomic E-state index is 0.118. The van der Waals surface area contributed by atoms with Crippen LogP contribution in [-0.4, -0.2) is 30.8 Å². The van der Waals surface area contributed by atoms with E-state index < -0.39 is 11.7 Å². The molecule has 0 bridgehead atoms. The Bertz CT molecular complexity index is 819. The fourth-order valence-corrected chi connectivity index (χ4v) is 2.98. The van der Waals surface area contributed by atoms with E-state index in [0.29, 0.717) is 24.4 Å². The van der Waals surface area contributed by atoms with Crippen LogP contribution in [-0.2, 0) is 19.0 Å². The molecule has 0 saturated heterocycles. The highest BCUT2D eigenvalue weighted by molar-refractivity contribution is 5.57. The number of fused-ring (bicyclic) bond motifs is 1. The Morgan fingerprint density at radius 2 is 1.83 bits per heavy atom. The van der Waals surface area contributed by atoms with Crippen molar-refractivity contribution in [1.82, 2.24) is 30.8 Å². The highest BCUT2D eigenvalue weighted by atomic mass is 19.4. The first-order valence-electron chi connectivity index (χ1n) is 6.99. The summed E-state index contributed by atoms with van der Waals surface area (Å²) < 4.78 is 37.9. The van der Waals surface area contributed by atoms with Crippen molar-refractivity contribution in [2.45, 2.75) is 24.9 Å². The van der Waals surface area contributed by atoms with Gasteiger partial charge in [-0.3, -0.25) is 5.10 Å². The third kappa shape index (κ3) is 2.37. The molecule has 118 valence electrons. The maximum Gasteiger partial charge on any atom is 0.416 e. The number of alkyl halides is 3. The van der Waals surface area contributed by atoms with Crippen molar-refractivity contribution in [3.63, 3.8) is 0 Å². The second-order valence-corrected chi connectivity index (χ2v) is 5.49. The van der Waals surface area contributed by atoms with E-state index in [2.05, 4.69) is 30.8 Å². The van der Waals surface area contributed by atoms with Gasteiger partial charge < -0.3 is 0 Å². The van der Waals surface area contributed by atoms with Gasteiger partial charge in [-0.25, -0.2) is 0 Å². The predicted octanol–water partition coefficient (Wildman–Crippen LogP) is 2.49. The molecular weight excluding hydrogens is 309 g/mol. The highest BCUT2D eigenvalue weighted by Crippen LogP contribution is 2.38. The Balaban J connectivity index is 1.59. The molecule has 0 amide bonds. The maximum atomic E-state index is 12.6. The van der Waals surface area contributed by atoms with Crippen molar-refractivity contribution >= 4 is 0 Å². The van der Waals surface area contributed by atoms with Gasteiger partial charge in [-0.15, -0.1) is 10.2 Å². The lowest BCUT2D eigenvalue weighted by Gasteiger charge is -2.12. The zero-order valence-corrected chi connectivity index (χ0v) is 11.7. The van der Waals surface area contributed by atoms with Crippen LogP contribution in [0.1, 0.15) is 28.3 Å². The van der Waals surface area contributed by atoms with Crippen LogP contribution in [0.3, 0.4) is 0 Å². The number of hydrogen-bond acceptors (Lipinski definition) is 4. The molecule has 0 aliphatic heterocycles. The Morgan fingerprint density at radius 1 is 1.04 bits per heavy atom. The summed E-state index contributed by atoms with van der Waals surface area (Å²) in [7, 11) is 0. The summed E-state index contributed by atoms with van der Waals surface area (Å²) >= 11 is 0. The number of aromatic nitrogens is 6. The summed E-state index contributed by atoms with van der Waals surface area (Å²) in [6, 6.07) is 5.34. The van der Waals surface area contributed by atoms with Gasteiger partial charge in [0, 0.05) is 11.3 Å². The van der Waals surface area contributed by atoms with Gasteiger partial charge in [0.1, 0.15) is 5.69 Å². The number of tetrazole rings is 1. The second-order valence-electron chi connectivity index (χ2n) is 5.49. The van der Waals surface area contributed by atoms with Crippen LogP contribution in [0.4, 0.5) is 13.2 Å². The van der Waals surface area contributed by atoms with E-state index >= 15 is 0 Å². The number of nitrogens with zero attached hydrogens (tertiary/aromatic N) is 4. The molecule has 4 rings (SSSR count). The molecular formula is C14H11F3N6. The summed E-state index contributed by atoms with van der Waals surface area (Å²) in [5.41, 5.74) is 2.85. The van der Waals surface area contributed by atoms with Crippen LogP contribution >= 0.6 is 0 Å². The van der Waals surface area contributed by atoms with Crippen molar-refractivity contribution in [3.8, 4) is 11.5 Å². The highest BCUT2D eigenvalue weighted by Gasteiger charge is 2.32. The molecule has 2 N–H and O–H groups in total. The van der Waals surface area contributed by atoms with E-state index in [0.717, 1.165) is 29.0 Å². The first-order valence-corrected chi connectivity index (χ1v) is 6.99. The molecule has 9 heteroatoms. The third-order valence-electron chi connectivity index (χ3n) is 4.12. The van der Waals surface area contributed by atoms with E-state index in [1.807, 2.05) is 0 Å². The Kier molecular flexibility index (Phi) is 2.97. The molecule has 1 aromatic carbocycles. The van der Waals surface area contributed by atoms with Crippen LogP contribution in [0, 0.1) is 0 Å². The zero-order chi connectivity index (χ0) is 16.0. The molecule has 2 aromatic heterocycles. The van der Waals surface area contributed by atoms with E-state index in [4.69, 9.17) is 0 Å². The van der Waals surface area contributed by atoms with Crippen LogP contribution in [0.2, 0.25) is 0 Å². The van der Waals surface area contributed by atoms with Gasteiger partial charge in [0.25, 0.3) is 0 Å². The van der Waals surface area contributed by atoms with E-state index in [9.17, 15) is 13.2 Å². The molecule has 3 aromatic rings. The average Bonchev–Trinajstić information content (AvgIpc) is 3.22. The standard InChI is InChI=1S/C14H11F3N6/c15-14(16,17)9-3-1-7(2-4-9)8-5-10-11(6-8)18-19-12(10)13-20-22-23-21-13/h1-4,8H,5-6H2,(H,18,19)(H,20,21,22,23). The predicted molar refractivity (Wildman–Crippen MR) is 73.4 cm³/mol. The fourth-order valence-electron chi connectivity index (χ4n) is 2.98. The zero-order valence-electron chi connectivity index (χ0n) is 11.7. The lowest BCUT2D eigenvalue weighted by molar-refractivity contribution is -0.137. The number of nitrogens with one attached hydrogen (secondary N) is 2. The quantitative estimate of drug-likeness (QED) is 0.760. The Labute approximate surface area is 128 Å². The number of H-pyrrole nitrogens is 2. The lowest BCUT2D eigenvalue weighted by atomic mass is 9.95. The number of benzene rings is 1. The van der Waals surface area contributed by atoms with Crippen molar-refractivity contribution in [2.75, 3.05) is 0 Å². The van der Waals surface area contributed by atoms with Crippen molar-refractivity contribution in [1.29, 1.82) is 0 Å². The smallest absolute Gasteiger partial charge is 0.282 e. The SMILES string of the molecule is FC(F)(F)c1ccc(C2Cc3[nH]nc(-c4nn[nH]n4)c3C2)cc1. The largest absolute Gasteiger partial charge is 0.416 e. The molecule has 6 nitrogen and oxygen atoms in total. The van der Waals surface area contributed by atoms with Crippen LogP contribution in [0.15, 0.2) is 24.3 Å². The molecule has 0 radical (unpaired) electrons. The average molecular weight is 320 g/mol. The fraction of sp³-hybridized carbons (Fsp3) is 0.286. The first kappa shape index (κ1) is 13.9. The molecule has 1 atom stereocenters. The summed E-state index contributed by atoms with van der Waals surface area (Å²) in [6.07, 6.45) is -2.93. The van der Waals surface area contributed by atoms with Gasteiger partial charge in [-0.05, 0) is 41.7 Å². The minimum Gasteiger partial charge on any atom is -0.282 e. The molecule has 2 heterocycles. The molecule has 1 aliphatic rings. The van der Waals surface area contributed by atoms with Gasteiger partial charge in [0.2, 0.25) is 5.82 Å². The van der Waals surface area contributed by atoms with Crippen molar-refractivity contribution in [2.24, 2.45) is 0 Å². The molecule has 1 unspecified atom stereocenters. The van der Waals surface area contributed by atoms with Gasteiger partial charge in [-0.2, -0.15) is 23.5 Å². The molecule has 0 fully saturated rings. The number of aromatic amines is 2. The number of hydrogen-bond donors (Lipinski definition) is 2. The minimum atomic E-state index is -4.31. The number of rotatable bonds is 2. The van der Waals surface area contributed by atoms with Crippen molar-refractivity contribution < 1.29 is 13.2 Å². The topological polar surface area (TPSA) is 83.1 Å². The monoisotopic (exact) mass is 320 g/mol. The second kappa shape index (κ2) is 4.90. The van der Waals surface area contributed by atoms with E-state index in [1.165, 1.54) is 0 Å². The summed E-state index contributed by atoms with van der Waals surface area (Å²) in [6.45, 7) is 0. The summed E-state index contributed by atoms with van der Waals surface area (Å²) in [5.74, 6) is 0.530. The molecule has 23 heavy (non-hydrogen) atoms. The van der Waals surface area contributed by atoms with Gasteiger partial charge in [-0.1, -0.05) is 12.1 Å².